The van der Waals surface area contributed by atoms with Crippen LogP contribution in [0.1, 0.15) is 38.8 Å². The molecule has 5 nitrogen and oxygen atoms in total. The normalized spacial score (nSPS) is 29.6. The van der Waals surface area contributed by atoms with Gasteiger partial charge in [-0.05, 0) is 44.3 Å². The first-order valence-electron chi connectivity index (χ1n) is 9.87. The number of quaternary nitrogens is 1. The van der Waals surface area contributed by atoms with Gasteiger partial charge in [0.1, 0.15) is 0 Å². The van der Waals surface area contributed by atoms with Crippen molar-refractivity contribution < 1.29 is 23.3 Å². The molecule has 2 heterocycles. The molecule has 2 fully saturated rings. The summed E-state index contributed by atoms with van der Waals surface area (Å²) in [5.74, 6) is -0.711. The Kier molecular flexibility index (Phi) is 4.07. The second kappa shape index (κ2) is 6.07. The van der Waals surface area contributed by atoms with Crippen molar-refractivity contribution in [2.45, 2.75) is 38.8 Å². The van der Waals surface area contributed by atoms with Gasteiger partial charge >= 0.3 is 18.6 Å². The summed E-state index contributed by atoms with van der Waals surface area (Å²) in [6.45, 7) is 4.91. The van der Waals surface area contributed by atoms with E-state index in [0.29, 0.717) is 5.46 Å². The quantitative estimate of drug-likeness (QED) is 0.596. The van der Waals surface area contributed by atoms with Gasteiger partial charge in [-0.3, -0.25) is 0 Å². The maximum absolute atomic E-state index is 12.9. The third-order valence-electron chi connectivity index (χ3n) is 7.13. The van der Waals surface area contributed by atoms with Crippen LogP contribution in [0.4, 0.5) is 0 Å². The highest BCUT2D eigenvalue weighted by atomic mass is 16.7. The Morgan fingerprint density at radius 2 is 1.31 bits per heavy atom. The molecule has 29 heavy (non-hydrogen) atoms. The monoisotopic (exact) mass is 391 g/mol. The van der Waals surface area contributed by atoms with E-state index in [0.717, 1.165) is 11.1 Å². The third kappa shape index (κ3) is 2.39. The van der Waals surface area contributed by atoms with Gasteiger partial charge in [0.15, 0.2) is 11.1 Å². The summed E-state index contributed by atoms with van der Waals surface area (Å²) in [5, 5.41) is 0. The molecule has 0 N–H and O–H groups in total. The Hall–Kier alpha value is -2.86. The first-order chi connectivity index (χ1) is 13.6. The van der Waals surface area contributed by atoms with Gasteiger partial charge in [-0.15, -0.1) is 0 Å². The van der Waals surface area contributed by atoms with Crippen LogP contribution in [0.2, 0.25) is 0 Å². The van der Waals surface area contributed by atoms with Gasteiger partial charge in [0.2, 0.25) is 0 Å². The smallest absolute Gasteiger partial charge is 0.596 e. The molecule has 6 heteroatoms. The molecule has 2 aliphatic rings. The zero-order valence-electron chi connectivity index (χ0n) is 17.5. The van der Waals surface area contributed by atoms with Crippen molar-refractivity contribution in [2.24, 2.45) is 0 Å². The Labute approximate surface area is 171 Å². The van der Waals surface area contributed by atoms with Gasteiger partial charge in [0.25, 0.3) is 0 Å². The molecule has 150 valence electrons. The van der Waals surface area contributed by atoms with Gasteiger partial charge in [-0.2, -0.15) is 0 Å². The lowest BCUT2D eigenvalue weighted by atomic mass is 9.57. The van der Waals surface area contributed by atoms with Crippen molar-refractivity contribution >= 4 is 36.2 Å². The first kappa shape index (κ1) is 19.5. The molecule has 0 radical (unpaired) electrons. The minimum absolute atomic E-state index is 0.0590. The summed E-state index contributed by atoms with van der Waals surface area (Å²) in [6.07, 6.45) is 4.02. The number of fused-ring (bicyclic) bond motifs is 1. The fourth-order valence-corrected chi connectivity index (χ4v) is 4.82. The van der Waals surface area contributed by atoms with E-state index in [1.807, 2.05) is 101 Å². The van der Waals surface area contributed by atoms with Crippen molar-refractivity contribution in [1.29, 1.82) is 0 Å². The van der Waals surface area contributed by atoms with Gasteiger partial charge in [0, 0.05) is 7.05 Å². The molecule has 0 unspecified atom stereocenters. The van der Waals surface area contributed by atoms with Crippen molar-refractivity contribution in [3.63, 3.8) is 0 Å². The molecule has 2 saturated heterocycles. The van der Waals surface area contributed by atoms with E-state index in [2.05, 4.69) is 0 Å². The topological polar surface area (TPSA) is 52.6 Å². The molecule has 0 aliphatic carbocycles. The van der Waals surface area contributed by atoms with Crippen molar-refractivity contribution in [1.82, 2.24) is 0 Å². The Bertz CT molecular complexity index is 996. The van der Waals surface area contributed by atoms with Crippen molar-refractivity contribution in [3.05, 3.63) is 65.7 Å². The molecule has 0 atom stereocenters. The summed E-state index contributed by atoms with van der Waals surface area (Å²) >= 11 is 0. The summed E-state index contributed by atoms with van der Waals surface area (Å²) in [7, 11) is 1.89. The number of rotatable bonds is 3. The summed E-state index contributed by atoms with van der Waals surface area (Å²) in [6, 6.07) is 17.7. The standard InChI is InChI=1S/C23H26BNO4/c1-22(2)20(26)28-24(25(22,5)23(3,4)21(27)29-24)19-13-9-12-18(16-19)15-14-17-10-7-6-8-11-17/h6-16H,1-5H3/b15-14+. The summed E-state index contributed by atoms with van der Waals surface area (Å²) < 4.78 is 11.9. The predicted octanol–water partition coefficient (Wildman–Crippen LogP) is 3.12. The fourth-order valence-electron chi connectivity index (χ4n) is 4.82. The number of likely N-dealkylation sites (N-methyl/N-ethyl adjacent to an activating group) is 1. The fraction of sp³-hybridized carbons (Fsp3) is 0.304. The van der Waals surface area contributed by atoms with E-state index in [1.165, 1.54) is 0 Å². The lowest BCUT2D eigenvalue weighted by Crippen LogP contribution is -2.77. The number of hydrogen-bond donors (Lipinski definition) is 0. The maximum atomic E-state index is 12.9. The van der Waals surface area contributed by atoms with E-state index in [9.17, 15) is 9.59 Å². The van der Waals surface area contributed by atoms with E-state index in [1.54, 1.807) is 0 Å². The van der Waals surface area contributed by atoms with Crippen LogP contribution in [0.15, 0.2) is 54.6 Å². The Balaban J connectivity index is 1.83. The predicted molar refractivity (Wildman–Crippen MR) is 114 cm³/mol. The van der Waals surface area contributed by atoms with E-state index < -0.39 is 17.8 Å². The molecule has 4 rings (SSSR count). The average molecular weight is 391 g/mol. The second-order valence-electron chi connectivity index (χ2n) is 9.09. The Morgan fingerprint density at radius 1 is 0.793 bits per heavy atom. The SMILES string of the molecule is CC1(C)C(=O)O[B-]2(c3cccc(/C=C/c4ccccc4)c3)OC(=O)C(C)(C)[N+]21C. The minimum atomic E-state index is -2.37. The van der Waals surface area contributed by atoms with Gasteiger partial charge in [-0.1, -0.05) is 66.7 Å². The zero-order chi connectivity index (χ0) is 21.1. The van der Waals surface area contributed by atoms with Crippen LogP contribution in [0.3, 0.4) is 0 Å². The highest BCUT2D eigenvalue weighted by molar-refractivity contribution is 6.79. The number of benzene rings is 2. The van der Waals surface area contributed by atoms with Crippen LogP contribution in [0, 0.1) is 0 Å². The first-order valence-corrected chi connectivity index (χ1v) is 9.87. The number of hydrogen-bond acceptors (Lipinski definition) is 4. The molecule has 0 amide bonds. The van der Waals surface area contributed by atoms with Crippen LogP contribution >= 0.6 is 0 Å². The summed E-state index contributed by atoms with van der Waals surface area (Å²) in [4.78, 5) is 25.7. The second-order valence-corrected chi connectivity index (χ2v) is 9.09. The molecule has 2 aliphatic heterocycles. The highest BCUT2D eigenvalue weighted by Gasteiger charge is 2.80. The highest BCUT2D eigenvalue weighted by Crippen LogP contribution is 2.51. The molecular formula is C23H26BNO4. The van der Waals surface area contributed by atoms with Crippen LogP contribution in [0.5, 0.6) is 0 Å². The van der Waals surface area contributed by atoms with E-state index in [-0.39, 0.29) is 16.3 Å². The van der Waals surface area contributed by atoms with E-state index in [4.69, 9.17) is 9.31 Å². The van der Waals surface area contributed by atoms with Crippen LogP contribution in [-0.2, 0) is 18.9 Å². The van der Waals surface area contributed by atoms with Crippen LogP contribution in [0.25, 0.3) is 12.2 Å². The molecule has 2 aromatic carbocycles. The zero-order valence-corrected chi connectivity index (χ0v) is 17.5. The van der Waals surface area contributed by atoms with Crippen molar-refractivity contribution in [2.75, 3.05) is 7.05 Å². The van der Waals surface area contributed by atoms with Crippen LogP contribution in [-0.4, -0.2) is 41.1 Å². The van der Waals surface area contributed by atoms with Gasteiger partial charge < -0.3 is 13.7 Å². The maximum Gasteiger partial charge on any atom is 0.615 e. The summed E-state index contributed by atoms with van der Waals surface area (Å²) in [5.41, 5.74) is 0.886. The molecule has 0 saturated carbocycles. The molecule has 2 aromatic rings. The van der Waals surface area contributed by atoms with Crippen molar-refractivity contribution in [3.8, 4) is 0 Å². The molecule has 0 bridgehead atoms. The lowest BCUT2D eigenvalue weighted by molar-refractivity contribution is -0.885. The number of nitrogens with zero attached hydrogens (tertiary/aromatic N) is 1. The number of carbonyl (C=O) groups excluding carboxylic acids is 2. The number of carbonyl (C=O) groups is 2. The van der Waals surface area contributed by atoms with E-state index >= 15 is 0 Å². The molecule has 0 aromatic heterocycles. The third-order valence-corrected chi connectivity index (χ3v) is 7.13. The van der Waals surface area contributed by atoms with Gasteiger partial charge in [-0.25, -0.2) is 9.59 Å². The molecular weight excluding hydrogens is 365 g/mol. The molecule has 0 spiro atoms. The average Bonchev–Trinajstić information content (AvgIpc) is 2.96. The minimum Gasteiger partial charge on any atom is -0.596 e. The van der Waals surface area contributed by atoms with Crippen LogP contribution < -0.4 is 5.46 Å². The van der Waals surface area contributed by atoms with Gasteiger partial charge in [0.05, 0.1) is 0 Å². The Morgan fingerprint density at radius 3 is 1.90 bits per heavy atom. The lowest BCUT2D eigenvalue weighted by Gasteiger charge is -2.54. The largest absolute Gasteiger partial charge is 0.615 e.